The first-order chi connectivity index (χ1) is 9.21. The fourth-order valence-corrected chi connectivity index (χ4v) is 1.96. The van der Waals surface area contributed by atoms with Gasteiger partial charge < -0.3 is 14.8 Å². The maximum atomic E-state index is 5.33. The molecule has 2 heterocycles. The number of aryl methyl sites for hydroxylation is 1. The van der Waals surface area contributed by atoms with E-state index in [1.165, 1.54) is 6.33 Å². The number of nitrogens with zero attached hydrogens (tertiary/aromatic N) is 4. The lowest BCUT2D eigenvalue weighted by Gasteiger charge is -2.17. The molecular formula is C12H17N5O2. The van der Waals surface area contributed by atoms with Gasteiger partial charge in [0.05, 0.1) is 32.2 Å². The predicted molar refractivity (Wildman–Crippen MR) is 69.2 cm³/mol. The van der Waals surface area contributed by atoms with E-state index in [1.54, 1.807) is 31.2 Å². The molecule has 1 unspecified atom stereocenters. The van der Waals surface area contributed by atoms with Crippen molar-refractivity contribution in [2.45, 2.75) is 6.04 Å². The molecule has 7 heteroatoms. The lowest BCUT2D eigenvalue weighted by atomic mass is 10.1. The van der Waals surface area contributed by atoms with Crippen LogP contribution < -0.4 is 14.8 Å². The lowest BCUT2D eigenvalue weighted by molar-refractivity contribution is 0.392. The topological polar surface area (TPSA) is 74.1 Å². The second-order valence-corrected chi connectivity index (χ2v) is 3.93. The van der Waals surface area contributed by atoms with Crippen molar-refractivity contribution in [3.8, 4) is 11.6 Å². The Labute approximate surface area is 111 Å². The van der Waals surface area contributed by atoms with E-state index in [2.05, 4.69) is 20.4 Å². The van der Waals surface area contributed by atoms with Crippen LogP contribution in [-0.2, 0) is 7.05 Å². The Morgan fingerprint density at radius 3 is 2.68 bits per heavy atom. The van der Waals surface area contributed by atoms with Crippen LogP contribution in [0.25, 0.3) is 0 Å². The van der Waals surface area contributed by atoms with Gasteiger partial charge in [-0.3, -0.25) is 4.68 Å². The molecule has 0 amide bonds. The highest BCUT2D eigenvalue weighted by atomic mass is 16.5. The SMILES string of the molecule is CNC(c1cc(OC)ncn1)c1c(OC)cnn1C. The molecule has 1 N–H and O–H groups in total. The van der Waals surface area contributed by atoms with E-state index < -0.39 is 0 Å². The van der Waals surface area contributed by atoms with Gasteiger partial charge in [0.1, 0.15) is 12.0 Å². The quantitative estimate of drug-likeness (QED) is 0.848. The summed E-state index contributed by atoms with van der Waals surface area (Å²) in [5.74, 6) is 1.23. The Morgan fingerprint density at radius 1 is 1.26 bits per heavy atom. The monoisotopic (exact) mass is 263 g/mol. The molecule has 0 aliphatic heterocycles. The normalized spacial score (nSPS) is 12.2. The Bertz CT molecular complexity index is 555. The average molecular weight is 263 g/mol. The summed E-state index contributed by atoms with van der Waals surface area (Å²) in [5, 5.41) is 7.40. The first kappa shape index (κ1) is 13.3. The summed E-state index contributed by atoms with van der Waals surface area (Å²) >= 11 is 0. The highest BCUT2D eigenvalue weighted by Gasteiger charge is 2.22. The molecule has 0 fully saturated rings. The minimum absolute atomic E-state index is 0.153. The minimum Gasteiger partial charge on any atom is -0.493 e. The second kappa shape index (κ2) is 5.66. The molecule has 0 radical (unpaired) electrons. The van der Waals surface area contributed by atoms with E-state index in [0.717, 1.165) is 11.4 Å². The third-order valence-electron chi connectivity index (χ3n) is 2.90. The molecule has 0 aliphatic carbocycles. The summed E-state index contributed by atoms with van der Waals surface area (Å²) in [6, 6.07) is 1.63. The van der Waals surface area contributed by atoms with Crippen LogP contribution in [0.15, 0.2) is 18.6 Å². The zero-order valence-corrected chi connectivity index (χ0v) is 11.4. The van der Waals surface area contributed by atoms with E-state index in [-0.39, 0.29) is 6.04 Å². The van der Waals surface area contributed by atoms with Crippen LogP contribution in [0.4, 0.5) is 0 Å². The van der Waals surface area contributed by atoms with Gasteiger partial charge in [-0.25, -0.2) is 9.97 Å². The highest BCUT2D eigenvalue weighted by molar-refractivity contribution is 5.34. The number of hydrogen-bond donors (Lipinski definition) is 1. The van der Waals surface area contributed by atoms with Crippen LogP contribution >= 0.6 is 0 Å². The van der Waals surface area contributed by atoms with E-state index in [9.17, 15) is 0 Å². The van der Waals surface area contributed by atoms with Crippen molar-refractivity contribution >= 4 is 0 Å². The number of ether oxygens (including phenoxy) is 2. The van der Waals surface area contributed by atoms with Gasteiger partial charge in [0.15, 0.2) is 5.75 Å². The summed E-state index contributed by atoms with van der Waals surface area (Å²) in [7, 11) is 6.91. The number of methoxy groups -OCH3 is 2. The van der Waals surface area contributed by atoms with Crippen LogP contribution in [0.3, 0.4) is 0 Å². The fourth-order valence-electron chi connectivity index (χ4n) is 1.96. The molecule has 102 valence electrons. The van der Waals surface area contributed by atoms with Gasteiger partial charge in [-0.1, -0.05) is 0 Å². The first-order valence-electron chi connectivity index (χ1n) is 5.80. The van der Waals surface area contributed by atoms with Gasteiger partial charge in [0, 0.05) is 13.1 Å². The average Bonchev–Trinajstić information content (AvgIpc) is 2.82. The standard InChI is InChI=1S/C12H17N5O2/c1-13-11(8-5-10(19-4)15-7-14-8)12-9(18-3)6-16-17(12)2/h5-7,11,13H,1-4H3. The molecule has 19 heavy (non-hydrogen) atoms. The molecule has 0 saturated heterocycles. The number of rotatable bonds is 5. The molecule has 0 aromatic carbocycles. The predicted octanol–water partition coefficient (Wildman–Crippen LogP) is 0.536. The Balaban J connectivity index is 2.46. The number of nitrogens with one attached hydrogen (secondary N) is 1. The third kappa shape index (κ3) is 2.50. The maximum Gasteiger partial charge on any atom is 0.216 e. The Morgan fingerprint density at radius 2 is 2.05 bits per heavy atom. The molecule has 1 atom stereocenters. The van der Waals surface area contributed by atoms with Crippen LogP contribution in [0.1, 0.15) is 17.4 Å². The second-order valence-electron chi connectivity index (χ2n) is 3.93. The first-order valence-corrected chi connectivity index (χ1v) is 5.80. The van der Waals surface area contributed by atoms with Crippen LogP contribution in [-0.4, -0.2) is 41.0 Å². The number of hydrogen-bond acceptors (Lipinski definition) is 6. The van der Waals surface area contributed by atoms with Gasteiger partial charge in [-0.2, -0.15) is 5.10 Å². The largest absolute Gasteiger partial charge is 0.493 e. The zero-order chi connectivity index (χ0) is 13.8. The van der Waals surface area contributed by atoms with Crippen LogP contribution in [0, 0.1) is 0 Å². The van der Waals surface area contributed by atoms with Gasteiger partial charge in [-0.15, -0.1) is 0 Å². The van der Waals surface area contributed by atoms with E-state index in [1.807, 2.05) is 14.1 Å². The Kier molecular flexibility index (Phi) is 3.96. The third-order valence-corrected chi connectivity index (χ3v) is 2.90. The van der Waals surface area contributed by atoms with Crippen molar-refractivity contribution in [2.75, 3.05) is 21.3 Å². The fraction of sp³-hybridized carbons (Fsp3) is 0.417. The summed E-state index contributed by atoms with van der Waals surface area (Å²) in [4.78, 5) is 8.29. The van der Waals surface area contributed by atoms with Gasteiger partial charge >= 0.3 is 0 Å². The van der Waals surface area contributed by atoms with Crippen molar-refractivity contribution < 1.29 is 9.47 Å². The van der Waals surface area contributed by atoms with Crippen LogP contribution in [0.2, 0.25) is 0 Å². The molecule has 7 nitrogen and oxygen atoms in total. The Hall–Kier alpha value is -2.15. The molecule has 0 saturated carbocycles. The summed E-state index contributed by atoms with van der Waals surface area (Å²) in [5.41, 5.74) is 1.68. The highest BCUT2D eigenvalue weighted by Crippen LogP contribution is 2.28. The summed E-state index contributed by atoms with van der Waals surface area (Å²) in [6.45, 7) is 0. The molecule has 2 rings (SSSR count). The minimum atomic E-state index is -0.153. The van der Waals surface area contributed by atoms with Crippen molar-refractivity contribution in [1.29, 1.82) is 0 Å². The zero-order valence-electron chi connectivity index (χ0n) is 11.4. The van der Waals surface area contributed by atoms with E-state index in [0.29, 0.717) is 11.6 Å². The van der Waals surface area contributed by atoms with Crippen molar-refractivity contribution in [3.05, 3.63) is 30.0 Å². The lowest BCUT2D eigenvalue weighted by Crippen LogP contribution is -2.22. The molecule has 0 bridgehead atoms. The molecule has 2 aromatic heterocycles. The smallest absolute Gasteiger partial charge is 0.216 e. The molecule has 2 aromatic rings. The molecule has 0 spiro atoms. The van der Waals surface area contributed by atoms with Crippen molar-refractivity contribution in [3.63, 3.8) is 0 Å². The van der Waals surface area contributed by atoms with Gasteiger partial charge in [0.2, 0.25) is 5.88 Å². The van der Waals surface area contributed by atoms with Crippen molar-refractivity contribution in [2.24, 2.45) is 7.05 Å². The van der Waals surface area contributed by atoms with E-state index in [4.69, 9.17) is 9.47 Å². The molecule has 0 aliphatic rings. The number of aromatic nitrogens is 4. The van der Waals surface area contributed by atoms with Gasteiger partial charge in [-0.05, 0) is 7.05 Å². The van der Waals surface area contributed by atoms with E-state index >= 15 is 0 Å². The molecular weight excluding hydrogens is 246 g/mol. The summed E-state index contributed by atoms with van der Waals surface area (Å²) in [6.07, 6.45) is 3.15. The maximum absolute atomic E-state index is 5.33. The van der Waals surface area contributed by atoms with Crippen molar-refractivity contribution in [1.82, 2.24) is 25.1 Å². The van der Waals surface area contributed by atoms with Crippen LogP contribution in [0.5, 0.6) is 11.6 Å². The van der Waals surface area contributed by atoms with Gasteiger partial charge in [0.25, 0.3) is 0 Å². The summed E-state index contributed by atoms with van der Waals surface area (Å²) < 4.78 is 12.2.